The van der Waals surface area contributed by atoms with Crippen molar-refractivity contribution >= 4 is 12.4 Å². The molecule has 5 nitrogen and oxygen atoms in total. The van der Waals surface area contributed by atoms with Gasteiger partial charge in [-0.25, -0.2) is 0 Å². The third kappa shape index (κ3) is 3.42. The lowest BCUT2D eigenvalue weighted by molar-refractivity contribution is 0.167. The van der Waals surface area contributed by atoms with Gasteiger partial charge in [-0.2, -0.15) is 0 Å². The zero-order valence-corrected chi connectivity index (χ0v) is 12.1. The highest BCUT2D eigenvalue weighted by atomic mass is 35.5. The van der Waals surface area contributed by atoms with Crippen molar-refractivity contribution < 1.29 is 8.94 Å². The number of aromatic nitrogens is 1. The number of piperidine rings is 1. The molecule has 1 fully saturated rings. The number of hydrogen-bond donors (Lipinski definition) is 1. The van der Waals surface area contributed by atoms with Gasteiger partial charge in [-0.3, -0.25) is 4.90 Å². The van der Waals surface area contributed by atoms with Crippen molar-refractivity contribution in [2.75, 3.05) is 19.6 Å². The molecule has 1 saturated heterocycles. The second kappa shape index (κ2) is 6.92. The van der Waals surface area contributed by atoms with Gasteiger partial charge < -0.3 is 14.7 Å². The fourth-order valence-corrected chi connectivity index (χ4v) is 2.64. The van der Waals surface area contributed by atoms with Crippen molar-refractivity contribution in [2.24, 2.45) is 11.7 Å². The monoisotopic (exact) mass is 297 g/mol. The molecule has 1 aliphatic rings. The molecule has 0 aliphatic carbocycles. The molecule has 1 unspecified atom stereocenters. The summed E-state index contributed by atoms with van der Waals surface area (Å²) in [5, 5.41) is 4.11. The molecule has 20 heavy (non-hydrogen) atoms. The van der Waals surface area contributed by atoms with Gasteiger partial charge in [-0.05, 0) is 44.0 Å². The predicted molar refractivity (Wildman–Crippen MR) is 78.5 cm³/mol. The predicted octanol–water partition coefficient (Wildman–Crippen LogP) is 2.53. The van der Waals surface area contributed by atoms with E-state index in [2.05, 4.69) is 10.1 Å². The zero-order chi connectivity index (χ0) is 13.1. The van der Waals surface area contributed by atoms with Gasteiger partial charge in [0, 0.05) is 19.2 Å². The van der Waals surface area contributed by atoms with Crippen LogP contribution in [0.3, 0.4) is 0 Å². The first kappa shape index (κ1) is 15.1. The highest BCUT2D eigenvalue weighted by Crippen LogP contribution is 2.22. The Balaban J connectivity index is 0.00000147. The Morgan fingerprint density at radius 3 is 3.05 bits per heavy atom. The number of hydrogen-bond acceptors (Lipinski definition) is 5. The lowest BCUT2D eigenvalue weighted by Crippen LogP contribution is -2.37. The smallest absolute Gasteiger partial charge is 0.202 e. The highest BCUT2D eigenvalue weighted by Gasteiger charge is 2.20. The Hall–Kier alpha value is -1.30. The molecule has 0 aromatic carbocycles. The van der Waals surface area contributed by atoms with Crippen LogP contribution in [0.5, 0.6) is 0 Å². The lowest BCUT2D eigenvalue weighted by atomic mass is 9.98. The van der Waals surface area contributed by atoms with Crippen molar-refractivity contribution in [1.29, 1.82) is 0 Å². The summed E-state index contributed by atoms with van der Waals surface area (Å²) in [5.41, 5.74) is 6.70. The maximum absolute atomic E-state index is 5.75. The molecule has 0 spiro atoms. The Bertz CT molecular complexity index is 512. The van der Waals surface area contributed by atoms with E-state index in [1.807, 2.05) is 18.2 Å². The minimum Gasteiger partial charge on any atom is -0.461 e. The molecule has 2 N–H and O–H groups in total. The largest absolute Gasteiger partial charge is 0.461 e. The summed E-state index contributed by atoms with van der Waals surface area (Å²) in [5.74, 6) is 2.02. The van der Waals surface area contributed by atoms with Gasteiger partial charge in [0.1, 0.15) is 0 Å². The molecule has 0 radical (unpaired) electrons. The Kier molecular flexibility index (Phi) is 5.23. The van der Waals surface area contributed by atoms with Crippen molar-refractivity contribution in [2.45, 2.75) is 19.4 Å². The van der Waals surface area contributed by atoms with Gasteiger partial charge in [0.2, 0.25) is 5.76 Å². The molecule has 3 rings (SSSR count). The molecule has 3 heterocycles. The normalized spacial score (nSPS) is 19.8. The molecule has 0 amide bonds. The van der Waals surface area contributed by atoms with Crippen LogP contribution in [0.15, 0.2) is 33.4 Å². The van der Waals surface area contributed by atoms with Crippen molar-refractivity contribution in [3.05, 3.63) is 30.2 Å². The summed E-state index contributed by atoms with van der Waals surface area (Å²) in [4.78, 5) is 2.39. The van der Waals surface area contributed by atoms with Gasteiger partial charge in [0.05, 0.1) is 12.0 Å². The summed E-state index contributed by atoms with van der Waals surface area (Å²) >= 11 is 0. The molecule has 1 atom stereocenters. The van der Waals surface area contributed by atoms with Crippen molar-refractivity contribution in [3.8, 4) is 11.5 Å². The van der Waals surface area contributed by atoms with Crippen molar-refractivity contribution in [1.82, 2.24) is 10.1 Å². The fraction of sp³-hybridized carbons (Fsp3) is 0.500. The van der Waals surface area contributed by atoms with Crippen LogP contribution in [-0.4, -0.2) is 29.7 Å². The first-order valence-electron chi connectivity index (χ1n) is 6.77. The second-order valence-electron chi connectivity index (χ2n) is 5.14. The molecule has 2 aromatic rings. The molecule has 6 heteroatoms. The maximum atomic E-state index is 5.75. The number of rotatable bonds is 4. The van der Waals surface area contributed by atoms with Gasteiger partial charge in [0.25, 0.3) is 0 Å². The highest BCUT2D eigenvalue weighted by molar-refractivity contribution is 5.85. The summed E-state index contributed by atoms with van der Waals surface area (Å²) in [7, 11) is 0. The van der Waals surface area contributed by atoms with Crippen LogP contribution in [0.2, 0.25) is 0 Å². The van der Waals surface area contributed by atoms with Gasteiger partial charge in [-0.1, -0.05) is 5.16 Å². The van der Waals surface area contributed by atoms with Gasteiger partial charge in [0.15, 0.2) is 5.76 Å². The maximum Gasteiger partial charge on any atom is 0.202 e. The summed E-state index contributed by atoms with van der Waals surface area (Å²) < 4.78 is 10.6. The average molecular weight is 298 g/mol. The quantitative estimate of drug-likeness (QED) is 0.939. The number of halogens is 1. The van der Waals surface area contributed by atoms with Gasteiger partial charge in [-0.15, -0.1) is 12.4 Å². The molecule has 1 aliphatic heterocycles. The second-order valence-corrected chi connectivity index (χ2v) is 5.14. The number of likely N-dealkylation sites (tertiary alicyclic amines) is 1. The summed E-state index contributed by atoms with van der Waals surface area (Å²) in [6, 6.07) is 5.66. The minimum absolute atomic E-state index is 0. The van der Waals surface area contributed by atoms with Crippen LogP contribution >= 0.6 is 12.4 Å². The van der Waals surface area contributed by atoms with E-state index >= 15 is 0 Å². The fourth-order valence-electron chi connectivity index (χ4n) is 2.64. The summed E-state index contributed by atoms with van der Waals surface area (Å²) in [6.07, 6.45) is 4.09. The summed E-state index contributed by atoms with van der Waals surface area (Å²) in [6.45, 7) is 3.76. The van der Waals surface area contributed by atoms with Crippen LogP contribution in [0, 0.1) is 5.92 Å². The van der Waals surface area contributed by atoms with Crippen LogP contribution in [-0.2, 0) is 6.54 Å². The van der Waals surface area contributed by atoms with E-state index in [4.69, 9.17) is 14.7 Å². The van der Waals surface area contributed by atoms with Crippen LogP contribution in [0.1, 0.15) is 18.5 Å². The van der Waals surface area contributed by atoms with E-state index in [9.17, 15) is 0 Å². The molecule has 0 saturated carbocycles. The molecular formula is C14H20ClN3O2. The Morgan fingerprint density at radius 2 is 2.30 bits per heavy atom. The topological polar surface area (TPSA) is 68.4 Å². The third-order valence-electron chi connectivity index (χ3n) is 3.65. The molecule has 110 valence electrons. The Labute approximate surface area is 124 Å². The molecule has 2 aromatic heterocycles. The van der Waals surface area contributed by atoms with E-state index in [1.54, 1.807) is 6.26 Å². The first-order chi connectivity index (χ1) is 9.35. The SMILES string of the molecule is Cl.NCC1CCCN(Cc2cc(-c3ccco3)on2)C1. The zero-order valence-electron chi connectivity index (χ0n) is 11.3. The van der Waals surface area contributed by atoms with E-state index in [-0.39, 0.29) is 12.4 Å². The number of furan rings is 1. The third-order valence-corrected chi connectivity index (χ3v) is 3.65. The lowest BCUT2D eigenvalue weighted by Gasteiger charge is -2.31. The van der Waals surface area contributed by atoms with E-state index in [1.165, 1.54) is 12.8 Å². The first-order valence-corrected chi connectivity index (χ1v) is 6.77. The van der Waals surface area contributed by atoms with Crippen LogP contribution < -0.4 is 5.73 Å². The van der Waals surface area contributed by atoms with E-state index in [0.29, 0.717) is 11.7 Å². The standard InChI is InChI=1S/C14H19N3O2.ClH/c15-8-11-3-1-5-17(9-11)10-12-7-14(19-16-12)13-4-2-6-18-13;/h2,4,6-7,11H,1,3,5,8-10,15H2;1H. The van der Waals surface area contributed by atoms with E-state index in [0.717, 1.165) is 37.6 Å². The molecule has 0 bridgehead atoms. The number of nitrogens with two attached hydrogens (primary N) is 1. The molecular weight excluding hydrogens is 278 g/mol. The Morgan fingerprint density at radius 1 is 1.40 bits per heavy atom. The number of nitrogens with zero attached hydrogens (tertiary/aromatic N) is 2. The van der Waals surface area contributed by atoms with E-state index < -0.39 is 0 Å². The van der Waals surface area contributed by atoms with Crippen LogP contribution in [0.25, 0.3) is 11.5 Å². The minimum atomic E-state index is 0. The van der Waals surface area contributed by atoms with Gasteiger partial charge >= 0.3 is 0 Å². The van der Waals surface area contributed by atoms with Crippen LogP contribution in [0.4, 0.5) is 0 Å². The average Bonchev–Trinajstić information content (AvgIpc) is 3.09. The van der Waals surface area contributed by atoms with Crippen molar-refractivity contribution in [3.63, 3.8) is 0 Å².